The normalized spacial score (nSPS) is 27.9. The molecule has 1 saturated carbocycles. The van der Waals surface area contributed by atoms with Gasteiger partial charge in [-0.15, -0.1) is 0 Å². The molecule has 5 nitrogen and oxygen atoms in total. The van der Waals surface area contributed by atoms with Crippen molar-refractivity contribution in [3.63, 3.8) is 0 Å². The third kappa shape index (κ3) is 2.68. The highest BCUT2D eigenvalue weighted by atomic mass is 19.4. The van der Waals surface area contributed by atoms with E-state index in [1.165, 1.54) is 24.5 Å². The van der Waals surface area contributed by atoms with Crippen molar-refractivity contribution in [1.82, 2.24) is 9.99 Å². The molecular formula is C16H18F3N3O2. The average molecular weight is 341 g/mol. The Morgan fingerprint density at radius 3 is 2.54 bits per heavy atom. The quantitative estimate of drug-likeness (QED) is 0.853. The van der Waals surface area contributed by atoms with Gasteiger partial charge in [-0.05, 0) is 31.4 Å². The summed E-state index contributed by atoms with van der Waals surface area (Å²) in [5.74, 6) is -2.18. The number of hydrogen-bond donors (Lipinski definition) is 1. The van der Waals surface area contributed by atoms with Crippen molar-refractivity contribution in [3.05, 3.63) is 30.1 Å². The van der Waals surface area contributed by atoms with E-state index in [1.807, 2.05) is 0 Å². The van der Waals surface area contributed by atoms with E-state index < -0.39 is 23.7 Å². The molecule has 0 spiro atoms. The van der Waals surface area contributed by atoms with Crippen LogP contribution in [0.1, 0.15) is 48.9 Å². The lowest BCUT2D eigenvalue weighted by Gasteiger charge is -2.37. The number of aromatic nitrogens is 1. The van der Waals surface area contributed by atoms with Gasteiger partial charge in [0.25, 0.3) is 11.6 Å². The van der Waals surface area contributed by atoms with E-state index in [1.54, 1.807) is 0 Å². The summed E-state index contributed by atoms with van der Waals surface area (Å²) < 4.78 is 41.2. The van der Waals surface area contributed by atoms with Crippen LogP contribution in [0.2, 0.25) is 0 Å². The van der Waals surface area contributed by atoms with E-state index >= 15 is 0 Å². The lowest BCUT2D eigenvalue weighted by atomic mass is 9.82. The fourth-order valence-corrected chi connectivity index (χ4v) is 3.39. The van der Waals surface area contributed by atoms with Crippen molar-refractivity contribution in [2.75, 3.05) is 0 Å². The average Bonchev–Trinajstić information content (AvgIpc) is 2.80. The lowest BCUT2D eigenvalue weighted by molar-refractivity contribution is -0.312. The number of fused-ring (bicyclic) bond motifs is 1. The molecule has 1 aliphatic heterocycles. The van der Waals surface area contributed by atoms with Gasteiger partial charge in [-0.2, -0.15) is 23.3 Å². The topological polar surface area (TPSA) is 65.8 Å². The minimum atomic E-state index is -5.00. The van der Waals surface area contributed by atoms with Gasteiger partial charge in [0, 0.05) is 23.7 Å². The number of hydrazone groups is 1. The zero-order valence-corrected chi connectivity index (χ0v) is 13.0. The molecule has 3 rings (SSSR count). The first kappa shape index (κ1) is 16.9. The third-order valence-electron chi connectivity index (χ3n) is 4.65. The third-order valence-corrected chi connectivity index (χ3v) is 4.65. The molecule has 0 aromatic carbocycles. The number of rotatable bonds is 1. The van der Waals surface area contributed by atoms with Crippen LogP contribution in [-0.4, -0.2) is 38.6 Å². The number of aliphatic hydroxyl groups is 1. The molecule has 0 unspecified atom stereocenters. The van der Waals surface area contributed by atoms with E-state index in [2.05, 4.69) is 10.1 Å². The highest BCUT2D eigenvalue weighted by Gasteiger charge is 2.68. The molecule has 1 aromatic heterocycles. The second-order valence-electron chi connectivity index (χ2n) is 6.17. The summed E-state index contributed by atoms with van der Waals surface area (Å²) in [4.78, 5) is 16.3. The van der Waals surface area contributed by atoms with E-state index in [4.69, 9.17) is 0 Å². The Morgan fingerprint density at radius 1 is 1.21 bits per heavy atom. The van der Waals surface area contributed by atoms with Gasteiger partial charge in [0.2, 0.25) is 0 Å². The monoisotopic (exact) mass is 341 g/mol. The molecule has 0 bridgehead atoms. The van der Waals surface area contributed by atoms with Crippen LogP contribution in [0.3, 0.4) is 0 Å². The van der Waals surface area contributed by atoms with Crippen LogP contribution >= 0.6 is 0 Å². The molecule has 2 heterocycles. The first-order valence-electron chi connectivity index (χ1n) is 7.97. The zero-order valence-electron chi connectivity index (χ0n) is 13.0. The second kappa shape index (κ2) is 6.16. The summed E-state index contributed by atoms with van der Waals surface area (Å²) in [5.41, 5.74) is -3.02. The van der Waals surface area contributed by atoms with Crippen molar-refractivity contribution in [2.45, 2.75) is 50.4 Å². The number of halogens is 3. The Morgan fingerprint density at radius 2 is 1.88 bits per heavy atom. The van der Waals surface area contributed by atoms with E-state index in [9.17, 15) is 23.1 Å². The Bertz CT molecular complexity index is 648. The van der Waals surface area contributed by atoms with Crippen molar-refractivity contribution in [2.24, 2.45) is 11.0 Å². The summed E-state index contributed by atoms with van der Waals surface area (Å²) in [6, 6.07) is 2.61. The first-order valence-corrected chi connectivity index (χ1v) is 7.97. The lowest BCUT2D eigenvalue weighted by Crippen LogP contribution is -2.61. The van der Waals surface area contributed by atoms with Crippen molar-refractivity contribution in [1.29, 1.82) is 0 Å². The SMILES string of the molecule is O=C(c1ccncc1)N1N=C2CCCCCC[C@@H]2[C@@]1(O)C(F)(F)F. The molecule has 8 heteroatoms. The highest BCUT2D eigenvalue weighted by Crippen LogP contribution is 2.47. The maximum atomic E-state index is 13.7. The maximum absolute atomic E-state index is 13.7. The van der Waals surface area contributed by atoms with Crippen LogP contribution in [-0.2, 0) is 0 Å². The minimum absolute atomic E-state index is 0.00583. The summed E-state index contributed by atoms with van der Waals surface area (Å²) in [6.45, 7) is 0. The molecule has 24 heavy (non-hydrogen) atoms. The van der Waals surface area contributed by atoms with Crippen LogP contribution in [0, 0.1) is 5.92 Å². The Hall–Kier alpha value is -1.96. The van der Waals surface area contributed by atoms with Crippen molar-refractivity contribution < 1.29 is 23.1 Å². The zero-order chi connectivity index (χ0) is 17.4. The Kier molecular flexibility index (Phi) is 4.33. The number of nitrogens with zero attached hydrogens (tertiary/aromatic N) is 3. The maximum Gasteiger partial charge on any atom is 0.439 e. The summed E-state index contributed by atoms with van der Waals surface area (Å²) in [6.07, 6.45) is 1.16. The van der Waals surface area contributed by atoms with Gasteiger partial charge >= 0.3 is 6.18 Å². The van der Waals surface area contributed by atoms with Crippen molar-refractivity contribution in [3.8, 4) is 0 Å². The Labute approximate surface area is 137 Å². The second-order valence-corrected chi connectivity index (χ2v) is 6.17. The summed E-state index contributed by atoms with van der Waals surface area (Å²) >= 11 is 0. The largest absolute Gasteiger partial charge is 0.439 e. The molecule has 1 aromatic rings. The van der Waals surface area contributed by atoms with Crippen LogP contribution in [0.5, 0.6) is 0 Å². The van der Waals surface area contributed by atoms with Crippen LogP contribution in [0.4, 0.5) is 13.2 Å². The number of pyridine rings is 1. The summed E-state index contributed by atoms with van der Waals surface area (Å²) in [5, 5.41) is 14.7. The smallest absolute Gasteiger partial charge is 0.362 e. The Balaban J connectivity index is 2.03. The van der Waals surface area contributed by atoms with Gasteiger partial charge in [0.05, 0.1) is 5.92 Å². The van der Waals surface area contributed by atoms with E-state index in [0.29, 0.717) is 19.3 Å². The molecule has 1 aliphatic carbocycles. The van der Waals surface area contributed by atoms with Gasteiger partial charge in [-0.25, -0.2) is 0 Å². The molecule has 130 valence electrons. The van der Waals surface area contributed by atoms with Gasteiger partial charge in [0.1, 0.15) is 0 Å². The van der Waals surface area contributed by atoms with Gasteiger partial charge in [-0.1, -0.05) is 19.3 Å². The van der Waals surface area contributed by atoms with Crippen molar-refractivity contribution >= 4 is 11.6 Å². The minimum Gasteiger partial charge on any atom is -0.362 e. The number of carbonyl (C=O) groups is 1. The molecule has 2 aliphatic rings. The van der Waals surface area contributed by atoms with Crippen LogP contribution < -0.4 is 0 Å². The first-order chi connectivity index (χ1) is 11.4. The van der Waals surface area contributed by atoms with Crippen LogP contribution in [0.25, 0.3) is 0 Å². The predicted molar refractivity (Wildman–Crippen MR) is 80.0 cm³/mol. The number of hydrogen-bond acceptors (Lipinski definition) is 4. The van der Waals surface area contributed by atoms with Crippen LogP contribution in [0.15, 0.2) is 29.6 Å². The standard InChI is InChI=1S/C16H18F3N3O2/c17-16(18,19)15(24)12-5-3-1-2-4-6-13(12)21-22(15)14(23)11-7-9-20-10-8-11/h7-10,12,24H,1-6H2/t12-,15+/m0/s1. The fourth-order valence-electron chi connectivity index (χ4n) is 3.39. The number of carbonyl (C=O) groups excluding carboxylic acids is 1. The molecular weight excluding hydrogens is 323 g/mol. The molecule has 1 N–H and O–H groups in total. The molecule has 1 fully saturated rings. The highest BCUT2D eigenvalue weighted by molar-refractivity contribution is 5.99. The number of alkyl halides is 3. The molecule has 2 atom stereocenters. The number of amides is 1. The van der Waals surface area contributed by atoms with Gasteiger partial charge in [0.15, 0.2) is 0 Å². The molecule has 1 amide bonds. The van der Waals surface area contributed by atoms with Gasteiger partial charge < -0.3 is 5.11 Å². The van der Waals surface area contributed by atoms with Gasteiger partial charge in [-0.3, -0.25) is 9.78 Å². The van der Waals surface area contributed by atoms with E-state index in [0.717, 1.165) is 12.8 Å². The summed E-state index contributed by atoms with van der Waals surface area (Å²) in [7, 11) is 0. The fraction of sp³-hybridized carbons (Fsp3) is 0.562. The van der Waals surface area contributed by atoms with E-state index in [-0.39, 0.29) is 22.7 Å². The molecule has 0 saturated heterocycles. The predicted octanol–water partition coefficient (Wildman–Crippen LogP) is 3.11. The molecule has 0 radical (unpaired) electrons.